The van der Waals surface area contributed by atoms with Gasteiger partial charge >= 0.3 is 11.8 Å². The highest BCUT2D eigenvalue weighted by Gasteiger charge is 2.14. The van der Waals surface area contributed by atoms with Gasteiger partial charge < -0.3 is 9.88 Å². The average molecular weight is 410 g/mol. The van der Waals surface area contributed by atoms with Crippen LogP contribution in [0.5, 0.6) is 0 Å². The zero-order chi connectivity index (χ0) is 21.8. The number of nitrogens with zero attached hydrogens (tertiary/aromatic N) is 2. The minimum absolute atomic E-state index is 0.577. The van der Waals surface area contributed by atoms with Gasteiger partial charge in [0.25, 0.3) is 0 Å². The molecular formula is C25H22N4O2. The number of aromatic nitrogens is 1. The number of hydrazone groups is 1. The predicted molar refractivity (Wildman–Crippen MR) is 124 cm³/mol. The third kappa shape index (κ3) is 4.23. The summed E-state index contributed by atoms with van der Waals surface area (Å²) in [6, 6.07) is 25.2. The molecule has 1 heterocycles. The molecule has 31 heavy (non-hydrogen) atoms. The minimum Gasteiger partial charge on any atom is -0.318 e. The van der Waals surface area contributed by atoms with Crippen molar-refractivity contribution in [2.45, 2.75) is 13.8 Å². The van der Waals surface area contributed by atoms with Crippen molar-refractivity contribution in [3.63, 3.8) is 0 Å². The number of carbonyl (C=O) groups excluding carboxylic acids is 2. The first-order valence-electron chi connectivity index (χ1n) is 9.91. The van der Waals surface area contributed by atoms with E-state index in [9.17, 15) is 9.59 Å². The van der Waals surface area contributed by atoms with E-state index in [1.54, 1.807) is 12.3 Å². The molecule has 0 spiro atoms. The molecule has 0 unspecified atom stereocenters. The van der Waals surface area contributed by atoms with E-state index in [-0.39, 0.29) is 0 Å². The Kier molecular flexibility index (Phi) is 5.62. The van der Waals surface area contributed by atoms with Crippen LogP contribution in [0.2, 0.25) is 0 Å². The lowest BCUT2D eigenvalue weighted by Crippen LogP contribution is -2.32. The highest BCUT2D eigenvalue weighted by atomic mass is 16.2. The Morgan fingerprint density at radius 3 is 2.39 bits per heavy atom. The van der Waals surface area contributed by atoms with E-state index in [1.807, 2.05) is 86.6 Å². The molecule has 0 aliphatic carbocycles. The molecule has 0 saturated carbocycles. The Hall–Kier alpha value is -4.19. The van der Waals surface area contributed by atoms with Gasteiger partial charge in [0.2, 0.25) is 0 Å². The second-order valence-corrected chi connectivity index (χ2v) is 7.18. The Bertz CT molecular complexity index is 1280. The summed E-state index contributed by atoms with van der Waals surface area (Å²) in [7, 11) is 0. The first-order chi connectivity index (χ1) is 15.0. The van der Waals surface area contributed by atoms with Crippen LogP contribution in [-0.4, -0.2) is 22.6 Å². The van der Waals surface area contributed by atoms with Crippen molar-refractivity contribution in [3.8, 4) is 5.69 Å². The lowest BCUT2D eigenvalue weighted by Gasteiger charge is -2.09. The van der Waals surface area contributed by atoms with Crippen LogP contribution in [0, 0.1) is 13.8 Å². The maximum Gasteiger partial charge on any atom is 0.329 e. The highest BCUT2D eigenvalue weighted by Crippen LogP contribution is 2.23. The van der Waals surface area contributed by atoms with E-state index in [0.29, 0.717) is 5.69 Å². The van der Waals surface area contributed by atoms with E-state index < -0.39 is 11.8 Å². The van der Waals surface area contributed by atoms with E-state index in [4.69, 9.17) is 0 Å². The second-order valence-electron chi connectivity index (χ2n) is 7.18. The van der Waals surface area contributed by atoms with Crippen molar-refractivity contribution in [3.05, 3.63) is 95.8 Å². The van der Waals surface area contributed by atoms with Gasteiger partial charge in [-0.25, -0.2) is 5.43 Å². The number of hydrogen-bond acceptors (Lipinski definition) is 3. The maximum absolute atomic E-state index is 12.3. The molecule has 0 atom stereocenters. The molecule has 1 aromatic heterocycles. The number of benzene rings is 3. The third-order valence-corrected chi connectivity index (χ3v) is 5.10. The molecular weight excluding hydrogens is 388 g/mol. The number of amides is 2. The van der Waals surface area contributed by atoms with Crippen LogP contribution in [0.1, 0.15) is 17.0 Å². The number of carbonyl (C=O) groups is 2. The summed E-state index contributed by atoms with van der Waals surface area (Å²) in [5, 5.41) is 8.47. The summed E-state index contributed by atoms with van der Waals surface area (Å²) in [6.07, 6.45) is 1.55. The van der Waals surface area contributed by atoms with Crippen LogP contribution in [0.4, 0.5) is 5.69 Å². The van der Waals surface area contributed by atoms with Gasteiger partial charge in [-0.2, -0.15) is 5.10 Å². The molecule has 0 bridgehead atoms. The fraction of sp³-hybridized carbons (Fsp3) is 0.0800. The molecule has 3 aromatic carbocycles. The first-order valence-corrected chi connectivity index (χ1v) is 9.91. The molecule has 0 radical (unpaired) electrons. The van der Waals surface area contributed by atoms with Gasteiger partial charge in [0, 0.05) is 33.7 Å². The van der Waals surface area contributed by atoms with Crippen molar-refractivity contribution < 1.29 is 9.59 Å². The van der Waals surface area contributed by atoms with Crippen LogP contribution < -0.4 is 10.7 Å². The molecule has 6 heteroatoms. The topological polar surface area (TPSA) is 75.5 Å². The number of nitrogens with one attached hydrogen (secondary N) is 2. The molecule has 0 aliphatic heterocycles. The highest BCUT2D eigenvalue weighted by molar-refractivity contribution is 6.40. The second kappa shape index (κ2) is 8.67. The fourth-order valence-corrected chi connectivity index (χ4v) is 3.62. The summed E-state index contributed by atoms with van der Waals surface area (Å²) in [4.78, 5) is 24.5. The molecule has 0 saturated heterocycles. The Morgan fingerprint density at radius 1 is 0.871 bits per heavy atom. The Morgan fingerprint density at radius 2 is 1.58 bits per heavy atom. The summed E-state index contributed by atoms with van der Waals surface area (Å²) < 4.78 is 2.11. The molecule has 0 fully saturated rings. The molecule has 2 N–H and O–H groups in total. The molecule has 6 nitrogen and oxygen atoms in total. The van der Waals surface area contributed by atoms with Gasteiger partial charge in [-0.15, -0.1) is 0 Å². The summed E-state index contributed by atoms with van der Waals surface area (Å²) in [5.74, 6) is -1.61. The van der Waals surface area contributed by atoms with Gasteiger partial charge in [0.15, 0.2) is 0 Å². The van der Waals surface area contributed by atoms with Crippen molar-refractivity contribution in [1.82, 2.24) is 9.99 Å². The molecule has 4 rings (SSSR count). The Labute approximate surface area is 180 Å². The van der Waals surface area contributed by atoms with Gasteiger partial charge in [0.05, 0.1) is 6.21 Å². The van der Waals surface area contributed by atoms with Crippen molar-refractivity contribution >= 4 is 34.5 Å². The van der Waals surface area contributed by atoms with E-state index in [0.717, 1.165) is 33.4 Å². The van der Waals surface area contributed by atoms with Crippen LogP contribution in [0.15, 0.2) is 84.0 Å². The smallest absolute Gasteiger partial charge is 0.318 e. The molecule has 4 aromatic rings. The quantitative estimate of drug-likeness (QED) is 0.298. The van der Waals surface area contributed by atoms with Gasteiger partial charge in [0.1, 0.15) is 0 Å². The Balaban J connectivity index is 1.45. The van der Waals surface area contributed by atoms with E-state index in [1.165, 1.54) is 0 Å². The van der Waals surface area contributed by atoms with E-state index in [2.05, 4.69) is 20.4 Å². The van der Waals surface area contributed by atoms with Gasteiger partial charge in [-0.1, -0.05) is 54.6 Å². The van der Waals surface area contributed by atoms with Crippen molar-refractivity contribution in [1.29, 1.82) is 0 Å². The molecule has 0 aliphatic rings. The SMILES string of the molecule is Cc1cc(/C=N\NC(=O)C(=O)Nc2cccc3ccccc23)c(C)n1-c1ccccc1. The number of para-hydroxylation sites is 1. The van der Waals surface area contributed by atoms with Crippen molar-refractivity contribution in [2.24, 2.45) is 5.10 Å². The first kappa shape index (κ1) is 20.1. The minimum atomic E-state index is -0.832. The lowest BCUT2D eigenvalue weighted by atomic mass is 10.1. The summed E-state index contributed by atoms with van der Waals surface area (Å²) in [6.45, 7) is 3.99. The predicted octanol–water partition coefficient (Wildman–Crippen LogP) is 4.34. The van der Waals surface area contributed by atoms with Crippen LogP contribution in [0.3, 0.4) is 0 Å². The average Bonchev–Trinajstić information content (AvgIpc) is 3.07. The summed E-state index contributed by atoms with van der Waals surface area (Å²) in [5.41, 5.74) is 6.82. The van der Waals surface area contributed by atoms with Gasteiger partial charge in [-0.3, -0.25) is 9.59 Å². The standard InChI is InChI=1S/C25H22N4O2/c1-17-15-20(18(2)29(17)21-11-4-3-5-12-21)16-26-28-25(31)24(30)27-23-14-8-10-19-9-6-7-13-22(19)23/h3-16H,1-2H3,(H,27,30)(H,28,31)/b26-16-. The van der Waals surface area contributed by atoms with Crippen LogP contribution in [-0.2, 0) is 9.59 Å². The van der Waals surface area contributed by atoms with Crippen molar-refractivity contribution in [2.75, 3.05) is 5.32 Å². The normalized spacial score (nSPS) is 11.0. The third-order valence-electron chi connectivity index (χ3n) is 5.10. The number of aryl methyl sites for hydroxylation is 1. The molecule has 154 valence electrons. The number of rotatable bonds is 4. The largest absolute Gasteiger partial charge is 0.329 e. The number of anilines is 1. The number of hydrogen-bond donors (Lipinski definition) is 2. The number of fused-ring (bicyclic) bond motifs is 1. The van der Waals surface area contributed by atoms with E-state index >= 15 is 0 Å². The van der Waals surface area contributed by atoms with Crippen LogP contribution in [0.25, 0.3) is 16.5 Å². The fourth-order valence-electron chi connectivity index (χ4n) is 3.62. The lowest BCUT2D eigenvalue weighted by molar-refractivity contribution is -0.136. The zero-order valence-electron chi connectivity index (χ0n) is 17.3. The summed E-state index contributed by atoms with van der Waals surface area (Å²) >= 11 is 0. The molecule has 2 amide bonds. The zero-order valence-corrected chi connectivity index (χ0v) is 17.3. The van der Waals surface area contributed by atoms with Gasteiger partial charge in [-0.05, 0) is 43.5 Å². The monoisotopic (exact) mass is 410 g/mol. The van der Waals surface area contributed by atoms with Crippen LogP contribution >= 0.6 is 0 Å². The maximum atomic E-state index is 12.3.